The molecule has 0 aromatic heterocycles. The van der Waals surface area contributed by atoms with Gasteiger partial charge in [0.25, 0.3) is 5.91 Å². The number of nitrogens with zero attached hydrogens (tertiary/aromatic N) is 1. The lowest BCUT2D eigenvalue weighted by Crippen LogP contribution is -2.44. The number of aryl methyl sites for hydroxylation is 2. The molecule has 0 saturated carbocycles. The molecule has 3 aliphatic rings. The van der Waals surface area contributed by atoms with E-state index in [2.05, 4.69) is 50.0 Å². The summed E-state index contributed by atoms with van der Waals surface area (Å²) in [6, 6.07) is 19.4. The van der Waals surface area contributed by atoms with Crippen molar-refractivity contribution in [2.45, 2.75) is 79.7 Å². The van der Waals surface area contributed by atoms with Gasteiger partial charge in [-0.2, -0.15) is 0 Å². The number of benzene rings is 3. The number of ether oxygens (including phenoxy) is 1. The Kier molecular flexibility index (Phi) is 9.12. The van der Waals surface area contributed by atoms with Crippen LogP contribution in [0.4, 0.5) is 5.69 Å². The summed E-state index contributed by atoms with van der Waals surface area (Å²) in [5.41, 5.74) is 7.25. The first-order chi connectivity index (χ1) is 22.6. The first-order valence-corrected chi connectivity index (χ1v) is 17.2. The van der Waals surface area contributed by atoms with Gasteiger partial charge in [0.2, 0.25) is 0 Å². The molecule has 0 saturated heterocycles. The lowest BCUT2D eigenvalue weighted by atomic mass is 9.63. The van der Waals surface area contributed by atoms with E-state index in [0.29, 0.717) is 54.6 Å². The highest BCUT2D eigenvalue weighted by Crippen LogP contribution is 2.55. The number of carbonyl (C=O) groups excluding carboxylic acids is 3. The molecule has 6 nitrogen and oxygen atoms in total. The highest BCUT2D eigenvalue weighted by atomic mass is 35.5. The maximum atomic E-state index is 14.2. The Morgan fingerprint density at radius 3 is 1.94 bits per heavy atom. The maximum Gasteiger partial charge on any atom is 0.262 e. The molecule has 3 aromatic carbocycles. The van der Waals surface area contributed by atoms with E-state index >= 15 is 0 Å². The van der Waals surface area contributed by atoms with Crippen molar-refractivity contribution in [3.8, 4) is 5.75 Å². The standard InChI is InChI=1S/C40H42Cl2N2O4/c1-23-12-13-29(24(2)14-23)43-34(47)22-48-38-27(41)15-26(16-28(38)42)35-36-30(17-39(3,4)19-32(36)45)44(21-25-10-8-7-9-11-25)31-18-40(5,6)20-33(46)37(31)35/h7-16,35H,17-22H2,1-6H3,(H,43,47). The molecule has 1 amide bonds. The second-order valence-electron chi connectivity index (χ2n) is 15.1. The molecular formula is C40H42Cl2N2O4. The number of ketones is 2. The van der Waals surface area contributed by atoms with E-state index in [1.54, 1.807) is 12.1 Å². The molecule has 0 spiro atoms. The van der Waals surface area contributed by atoms with E-state index in [-0.39, 0.29) is 50.7 Å². The summed E-state index contributed by atoms with van der Waals surface area (Å²) < 4.78 is 5.86. The Morgan fingerprint density at radius 1 is 0.833 bits per heavy atom. The zero-order valence-electron chi connectivity index (χ0n) is 28.4. The zero-order chi connectivity index (χ0) is 34.5. The number of amides is 1. The highest BCUT2D eigenvalue weighted by molar-refractivity contribution is 6.37. The number of allylic oxidation sites excluding steroid dienone is 4. The Balaban J connectivity index is 1.39. The van der Waals surface area contributed by atoms with Gasteiger partial charge in [0.1, 0.15) is 0 Å². The minimum Gasteiger partial charge on any atom is -0.481 e. The van der Waals surface area contributed by atoms with Crippen LogP contribution in [0.3, 0.4) is 0 Å². The number of hydrogen-bond acceptors (Lipinski definition) is 5. The van der Waals surface area contributed by atoms with Crippen LogP contribution in [-0.2, 0) is 20.9 Å². The van der Waals surface area contributed by atoms with Crippen LogP contribution < -0.4 is 10.1 Å². The van der Waals surface area contributed by atoms with Crippen LogP contribution in [0.2, 0.25) is 10.0 Å². The summed E-state index contributed by atoms with van der Waals surface area (Å²) in [7, 11) is 0. The average molecular weight is 686 g/mol. The van der Waals surface area contributed by atoms with E-state index in [1.165, 1.54) is 0 Å². The summed E-state index contributed by atoms with van der Waals surface area (Å²) in [5.74, 6) is -0.714. The van der Waals surface area contributed by atoms with Crippen LogP contribution in [0.1, 0.15) is 81.5 Å². The second kappa shape index (κ2) is 12.9. The van der Waals surface area contributed by atoms with Crippen LogP contribution in [0.25, 0.3) is 0 Å². The van der Waals surface area contributed by atoms with Gasteiger partial charge in [-0.3, -0.25) is 14.4 Å². The van der Waals surface area contributed by atoms with Crippen molar-refractivity contribution in [1.82, 2.24) is 4.90 Å². The number of hydrogen-bond donors (Lipinski definition) is 1. The van der Waals surface area contributed by atoms with Gasteiger partial charge in [-0.25, -0.2) is 0 Å². The maximum absolute atomic E-state index is 14.2. The fourth-order valence-electron chi connectivity index (χ4n) is 7.50. The molecule has 8 heteroatoms. The first kappa shape index (κ1) is 34.0. The van der Waals surface area contributed by atoms with Gasteiger partial charge in [0.05, 0.1) is 10.0 Å². The minimum atomic E-state index is -0.605. The fraction of sp³-hybridized carbons (Fsp3) is 0.375. The van der Waals surface area contributed by atoms with Gasteiger partial charge in [0, 0.05) is 53.5 Å². The molecule has 0 radical (unpaired) electrons. The van der Waals surface area contributed by atoms with Crippen molar-refractivity contribution < 1.29 is 19.1 Å². The molecule has 1 N–H and O–H groups in total. The third-order valence-electron chi connectivity index (χ3n) is 9.56. The molecule has 3 aromatic rings. The number of Topliss-reactive ketones (excluding diaryl/α,β-unsaturated/α-hetero) is 2. The van der Waals surface area contributed by atoms with Crippen LogP contribution >= 0.6 is 23.2 Å². The lowest BCUT2D eigenvalue weighted by molar-refractivity contribution is -0.120. The molecule has 0 atom stereocenters. The smallest absolute Gasteiger partial charge is 0.262 e. The number of halogens is 2. The Hall–Kier alpha value is -3.87. The van der Waals surface area contributed by atoms with Gasteiger partial charge in [-0.1, -0.05) is 98.9 Å². The Labute approximate surface area is 293 Å². The number of anilines is 1. The molecule has 0 fully saturated rings. The second-order valence-corrected chi connectivity index (χ2v) is 15.9. The van der Waals surface area contributed by atoms with Crippen molar-refractivity contribution in [2.75, 3.05) is 11.9 Å². The van der Waals surface area contributed by atoms with Crippen LogP contribution in [0.15, 0.2) is 83.2 Å². The van der Waals surface area contributed by atoms with Crippen molar-refractivity contribution in [2.24, 2.45) is 10.8 Å². The minimum absolute atomic E-state index is 0.0316. The van der Waals surface area contributed by atoms with E-state index < -0.39 is 5.92 Å². The fourth-order valence-corrected chi connectivity index (χ4v) is 8.11. The normalized spacial score (nSPS) is 18.9. The Morgan fingerprint density at radius 2 is 1.40 bits per heavy atom. The summed E-state index contributed by atoms with van der Waals surface area (Å²) in [5, 5.41) is 3.29. The topological polar surface area (TPSA) is 75.7 Å². The number of carbonyl (C=O) groups is 3. The van der Waals surface area contributed by atoms with Crippen molar-refractivity contribution in [3.05, 3.63) is 116 Å². The van der Waals surface area contributed by atoms with Gasteiger partial charge in [0.15, 0.2) is 23.9 Å². The largest absolute Gasteiger partial charge is 0.481 e. The predicted octanol–water partition coefficient (Wildman–Crippen LogP) is 9.51. The molecule has 6 rings (SSSR count). The molecule has 1 aliphatic heterocycles. The van der Waals surface area contributed by atoms with Crippen LogP contribution in [0, 0.1) is 24.7 Å². The van der Waals surface area contributed by atoms with E-state index in [4.69, 9.17) is 27.9 Å². The van der Waals surface area contributed by atoms with Crippen LogP contribution in [0.5, 0.6) is 5.75 Å². The van der Waals surface area contributed by atoms with E-state index in [0.717, 1.165) is 28.1 Å². The van der Waals surface area contributed by atoms with Crippen molar-refractivity contribution in [1.29, 1.82) is 0 Å². The number of nitrogens with one attached hydrogen (secondary N) is 1. The highest BCUT2D eigenvalue weighted by Gasteiger charge is 2.49. The zero-order valence-corrected chi connectivity index (χ0v) is 29.9. The van der Waals surface area contributed by atoms with Crippen LogP contribution in [-0.4, -0.2) is 29.0 Å². The average Bonchev–Trinajstić information content (AvgIpc) is 2.98. The van der Waals surface area contributed by atoms with Gasteiger partial charge in [-0.05, 0) is 72.4 Å². The molecule has 0 unspecified atom stereocenters. The van der Waals surface area contributed by atoms with Crippen molar-refractivity contribution >= 4 is 46.4 Å². The third-order valence-corrected chi connectivity index (χ3v) is 10.1. The molecule has 2 aliphatic carbocycles. The SMILES string of the molecule is Cc1ccc(NC(=O)COc2c(Cl)cc(C3C4=C(CC(C)(C)CC4=O)N(Cc4ccccc4)C4=C3C(=O)CC(C)(C)C4)cc2Cl)c(C)c1. The molecule has 250 valence electrons. The molecule has 0 bridgehead atoms. The summed E-state index contributed by atoms with van der Waals surface area (Å²) in [4.78, 5) is 43.4. The van der Waals surface area contributed by atoms with Crippen molar-refractivity contribution in [3.63, 3.8) is 0 Å². The summed E-state index contributed by atoms with van der Waals surface area (Å²) in [6.07, 6.45) is 2.14. The molecule has 1 heterocycles. The Bertz CT molecular complexity index is 1810. The first-order valence-electron chi connectivity index (χ1n) is 16.5. The monoisotopic (exact) mass is 684 g/mol. The quantitative estimate of drug-likeness (QED) is 0.268. The molecule has 48 heavy (non-hydrogen) atoms. The van der Waals surface area contributed by atoms with Gasteiger partial charge in [-0.15, -0.1) is 0 Å². The molecular weight excluding hydrogens is 643 g/mol. The summed E-state index contributed by atoms with van der Waals surface area (Å²) >= 11 is 13.7. The van der Waals surface area contributed by atoms with E-state index in [9.17, 15) is 14.4 Å². The number of rotatable bonds is 7. The van der Waals surface area contributed by atoms with Gasteiger partial charge < -0.3 is 15.0 Å². The van der Waals surface area contributed by atoms with E-state index in [1.807, 2.05) is 50.2 Å². The van der Waals surface area contributed by atoms with Gasteiger partial charge >= 0.3 is 0 Å². The third kappa shape index (κ3) is 6.83. The lowest BCUT2D eigenvalue weighted by Gasteiger charge is -2.49. The predicted molar refractivity (Wildman–Crippen MR) is 191 cm³/mol. The summed E-state index contributed by atoms with van der Waals surface area (Å²) in [6.45, 7) is 12.7.